The van der Waals surface area contributed by atoms with E-state index in [2.05, 4.69) is 10.4 Å². The maximum absolute atomic E-state index is 13.0. The summed E-state index contributed by atoms with van der Waals surface area (Å²) >= 11 is 6.44. The largest absolute Gasteiger partial charge is 0.366 e. The van der Waals surface area contributed by atoms with Crippen molar-refractivity contribution in [3.8, 4) is 5.69 Å². The molecule has 2 aromatic carbocycles. The Morgan fingerprint density at radius 1 is 0.941 bits per heavy atom. The van der Waals surface area contributed by atoms with Crippen LogP contribution in [-0.2, 0) is 9.59 Å². The van der Waals surface area contributed by atoms with Crippen molar-refractivity contribution < 1.29 is 9.59 Å². The van der Waals surface area contributed by atoms with Crippen molar-refractivity contribution in [2.24, 2.45) is 0 Å². The SMILES string of the molecule is O=C1CN(C(=O)CN2CCN(c3cnn(-c4ccccc4)c(=O)c3Cl)CC2)c2ccccc2N1. The lowest BCUT2D eigenvalue weighted by Crippen LogP contribution is -2.52. The Hall–Kier alpha value is -3.69. The predicted molar refractivity (Wildman–Crippen MR) is 131 cm³/mol. The van der Waals surface area contributed by atoms with Gasteiger partial charge in [-0.2, -0.15) is 9.78 Å². The van der Waals surface area contributed by atoms with E-state index in [0.717, 1.165) is 0 Å². The third-order valence-electron chi connectivity index (χ3n) is 6.04. The molecule has 34 heavy (non-hydrogen) atoms. The number of amides is 2. The second-order valence-corrected chi connectivity index (χ2v) is 8.58. The predicted octanol–water partition coefficient (Wildman–Crippen LogP) is 1.99. The number of nitrogens with one attached hydrogen (secondary N) is 1. The Bertz CT molecular complexity index is 1290. The monoisotopic (exact) mass is 478 g/mol. The van der Waals surface area contributed by atoms with E-state index in [1.807, 2.05) is 46.2 Å². The summed E-state index contributed by atoms with van der Waals surface area (Å²) in [5, 5.41) is 7.23. The smallest absolute Gasteiger partial charge is 0.292 e. The zero-order valence-corrected chi connectivity index (χ0v) is 19.1. The molecule has 9 nitrogen and oxygen atoms in total. The molecule has 0 radical (unpaired) electrons. The van der Waals surface area contributed by atoms with Gasteiger partial charge in [0.1, 0.15) is 11.6 Å². The van der Waals surface area contributed by atoms with Gasteiger partial charge >= 0.3 is 0 Å². The van der Waals surface area contributed by atoms with Gasteiger partial charge in [-0.05, 0) is 24.3 Å². The summed E-state index contributed by atoms with van der Waals surface area (Å²) < 4.78 is 1.29. The second kappa shape index (κ2) is 9.28. The summed E-state index contributed by atoms with van der Waals surface area (Å²) in [5.74, 6) is -0.329. The number of piperazine rings is 1. The van der Waals surface area contributed by atoms with E-state index >= 15 is 0 Å². The summed E-state index contributed by atoms with van der Waals surface area (Å²) in [6.45, 7) is 2.64. The molecule has 1 saturated heterocycles. The number of carbonyl (C=O) groups excluding carboxylic acids is 2. The molecule has 0 atom stereocenters. The van der Waals surface area contributed by atoms with Gasteiger partial charge in [-0.25, -0.2) is 0 Å². The van der Waals surface area contributed by atoms with E-state index in [0.29, 0.717) is 48.9 Å². The number of nitrogens with zero attached hydrogens (tertiary/aromatic N) is 5. The molecule has 5 rings (SSSR count). The van der Waals surface area contributed by atoms with Gasteiger partial charge in [-0.3, -0.25) is 24.2 Å². The van der Waals surface area contributed by atoms with E-state index in [1.54, 1.807) is 24.4 Å². The molecule has 2 aliphatic rings. The molecule has 174 valence electrons. The zero-order chi connectivity index (χ0) is 23.7. The number of rotatable bonds is 4. The molecule has 2 aliphatic heterocycles. The number of hydrogen-bond donors (Lipinski definition) is 1. The van der Waals surface area contributed by atoms with Crippen LogP contribution in [-0.4, -0.2) is 65.8 Å². The van der Waals surface area contributed by atoms with Crippen molar-refractivity contribution in [3.05, 3.63) is 76.2 Å². The Morgan fingerprint density at radius 3 is 2.41 bits per heavy atom. The third kappa shape index (κ3) is 4.27. The fourth-order valence-electron chi connectivity index (χ4n) is 4.28. The summed E-state index contributed by atoms with van der Waals surface area (Å²) in [4.78, 5) is 43.4. The van der Waals surface area contributed by atoms with E-state index in [9.17, 15) is 14.4 Å². The van der Waals surface area contributed by atoms with Crippen molar-refractivity contribution in [1.82, 2.24) is 14.7 Å². The summed E-state index contributed by atoms with van der Waals surface area (Å²) in [7, 11) is 0. The molecule has 3 heterocycles. The third-order valence-corrected chi connectivity index (χ3v) is 6.40. The number of hydrogen-bond acceptors (Lipinski definition) is 6. The highest BCUT2D eigenvalue weighted by Crippen LogP contribution is 2.29. The molecule has 2 amide bonds. The molecule has 0 bridgehead atoms. The van der Waals surface area contributed by atoms with Gasteiger partial charge < -0.3 is 10.2 Å². The number of halogens is 1. The molecule has 1 N–H and O–H groups in total. The fraction of sp³-hybridized carbons (Fsp3) is 0.250. The second-order valence-electron chi connectivity index (χ2n) is 8.20. The lowest BCUT2D eigenvalue weighted by Gasteiger charge is -2.37. The molecule has 1 fully saturated rings. The summed E-state index contributed by atoms with van der Waals surface area (Å²) in [6, 6.07) is 16.4. The molecule has 3 aromatic rings. The highest BCUT2D eigenvalue weighted by Gasteiger charge is 2.29. The highest BCUT2D eigenvalue weighted by molar-refractivity contribution is 6.33. The normalized spacial score (nSPS) is 16.2. The van der Waals surface area contributed by atoms with Crippen LogP contribution >= 0.6 is 11.6 Å². The van der Waals surface area contributed by atoms with Crippen LogP contribution in [0.2, 0.25) is 5.02 Å². The first kappa shape index (κ1) is 22.1. The van der Waals surface area contributed by atoms with Crippen molar-refractivity contribution in [1.29, 1.82) is 0 Å². The number of aromatic nitrogens is 2. The van der Waals surface area contributed by atoms with E-state index in [4.69, 9.17) is 11.6 Å². The lowest BCUT2D eigenvalue weighted by atomic mass is 10.2. The first-order valence-electron chi connectivity index (χ1n) is 11.0. The van der Waals surface area contributed by atoms with Gasteiger partial charge in [0, 0.05) is 26.2 Å². The molecule has 1 aromatic heterocycles. The number of anilines is 3. The van der Waals surface area contributed by atoms with Crippen LogP contribution in [0.25, 0.3) is 5.69 Å². The Kier molecular flexibility index (Phi) is 6.04. The van der Waals surface area contributed by atoms with Crippen LogP contribution in [0.4, 0.5) is 17.1 Å². The first-order valence-corrected chi connectivity index (χ1v) is 11.4. The van der Waals surface area contributed by atoms with Crippen molar-refractivity contribution in [3.63, 3.8) is 0 Å². The van der Waals surface area contributed by atoms with Gasteiger partial charge in [0.2, 0.25) is 11.8 Å². The van der Waals surface area contributed by atoms with Crippen LogP contribution in [0.5, 0.6) is 0 Å². The van der Waals surface area contributed by atoms with Crippen LogP contribution in [0, 0.1) is 0 Å². The Morgan fingerprint density at radius 2 is 1.65 bits per heavy atom. The number of para-hydroxylation sites is 3. The summed E-state index contributed by atoms with van der Waals surface area (Å²) in [6.07, 6.45) is 1.61. The van der Waals surface area contributed by atoms with Crippen molar-refractivity contribution in [2.45, 2.75) is 0 Å². The number of fused-ring (bicyclic) bond motifs is 1. The van der Waals surface area contributed by atoms with Gasteiger partial charge in [-0.1, -0.05) is 41.9 Å². The minimum atomic E-state index is -0.370. The van der Waals surface area contributed by atoms with Gasteiger partial charge in [-0.15, -0.1) is 0 Å². The molecule has 0 saturated carbocycles. The zero-order valence-electron chi connectivity index (χ0n) is 18.4. The average molecular weight is 479 g/mol. The maximum atomic E-state index is 13.0. The Balaban J connectivity index is 1.24. The Labute approximate surface area is 201 Å². The lowest BCUT2D eigenvalue weighted by molar-refractivity contribution is -0.122. The minimum absolute atomic E-state index is 0.00873. The molecular formula is C24H23ClN6O3. The molecular weight excluding hydrogens is 456 g/mol. The van der Waals surface area contributed by atoms with Crippen LogP contribution in [0.1, 0.15) is 0 Å². The molecule has 0 unspecified atom stereocenters. The fourth-order valence-corrected chi connectivity index (χ4v) is 4.53. The number of carbonyl (C=O) groups is 2. The standard InChI is InChI=1S/C24H23ClN6O3/c25-23-20(14-26-31(24(23)34)17-6-2-1-3-7-17)29-12-10-28(11-13-29)16-22(33)30-15-21(32)27-18-8-4-5-9-19(18)30/h1-9,14H,10-13,15-16H2,(H,27,32). The molecule has 10 heteroatoms. The van der Waals surface area contributed by atoms with E-state index in [-0.39, 0.29) is 35.5 Å². The maximum Gasteiger partial charge on any atom is 0.292 e. The van der Waals surface area contributed by atoms with Crippen molar-refractivity contribution >= 4 is 40.5 Å². The van der Waals surface area contributed by atoms with E-state index < -0.39 is 0 Å². The van der Waals surface area contributed by atoms with Gasteiger partial charge in [0.25, 0.3) is 5.56 Å². The highest BCUT2D eigenvalue weighted by atomic mass is 35.5. The van der Waals surface area contributed by atoms with Gasteiger partial charge in [0.15, 0.2) is 0 Å². The molecule has 0 spiro atoms. The van der Waals surface area contributed by atoms with Crippen molar-refractivity contribution in [2.75, 3.05) is 54.4 Å². The van der Waals surface area contributed by atoms with Crippen LogP contribution in [0.15, 0.2) is 65.6 Å². The van der Waals surface area contributed by atoms with Crippen LogP contribution < -0.4 is 20.7 Å². The number of benzene rings is 2. The average Bonchev–Trinajstić information content (AvgIpc) is 2.86. The topological polar surface area (TPSA) is 90.8 Å². The molecule has 0 aliphatic carbocycles. The van der Waals surface area contributed by atoms with Crippen LogP contribution in [0.3, 0.4) is 0 Å². The first-order chi connectivity index (χ1) is 16.5. The quantitative estimate of drug-likeness (QED) is 0.616. The summed E-state index contributed by atoms with van der Waals surface area (Å²) in [5.41, 5.74) is 2.22. The van der Waals surface area contributed by atoms with Gasteiger partial charge in [0.05, 0.1) is 35.5 Å². The van der Waals surface area contributed by atoms with E-state index in [1.165, 1.54) is 9.58 Å². The minimum Gasteiger partial charge on any atom is -0.366 e.